The molecule has 0 spiro atoms. The number of rotatable bonds is 21. The summed E-state index contributed by atoms with van der Waals surface area (Å²) in [5, 5.41) is 69.3. The number of aliphatic carboxylic acids is 2. The molecule has 1 atom stereocenters. The highest BCUT2D eigenvalue weighted by molar-refractivity contribution is 6.03. The van der Waals surface area contributed by atoms with Gasteiger partial charge in [-0.2, -0.15) is 0 Å². The third-order valence-electron chi connectivity index (χ3n) is 8.26. The summed E-state index contributed by atoms with van der Waals surface area (Å²) in [7, 11) is 0. The second kappa shape index (κ2) is 29.1. The number of hydrogen-bond donors (Lipinski definition) is 8. The van der Waals surface area contributed by atoms with Gasteiger partial charge in [-0.1, -0.05) is 96.6 Å². The number of aryl methyl sites for hydroxylation is 1. The van der Waals surface area contributed by atoms with Crippen molar-refractivity contribution in [3.05, 3.63) is 100 Å². The topological polar surface area (TPSA) is 281 Å². The lowest BCUT2D eigenvalue weighted by molar-refractivity contribution is -0.148. The molecule has 3 rings (SSSR count). The van der Waals surface area contributed by atoms with Gasteiger partial charge in [0.15, 0.2) is 0 Å². The average Bonchev–Trinajstić information content (AvgIpc) is 3.16. The molecule has 8 N–H and O–H groups in total. The van der Waals surface area contributed by atoms with Crippen molar-refractivity contribution in [2.75, 3.05) is 0 Å². The summed E-state index contributed by atoms with van der Waals surface area (Å²) in [4.78, 5) is 73.8. The lowest BCUT2D eigenvalue weighted by Crippen LogP contribution is -2.17. The maximum absolute atomic E-state index is 10.9. The number of aromatic carboxylic acids is 5. The van der Waals surface area contributed by atoms with Crippen molar-refractivity contribution in [3.63, 3.8) is 0 Å². The van der Waals surface area contributed by atoms with Crippen LogP contribution in [0.5, 0.6) is 5.75 Å². The zero-order chi connectivity index (χ0) is 43.3. The van der Waals surface area contributed by atoms with Crippen LogP contribution in [0.25, 0.3) is 0 Å². The molecule has 0 aromatic heterocycles. The highest BCUT2D eigenvalue weighted by Crippen LogP contribution is 2.17. The van der Waals surface area contributed by atoms with Crippen molar-refractivity contribution in [2.45, 2.75) is 104 Å². The Bertz CT molecular complexity index is 1680. The zero-order valence-corrected chi connectivity index (χ0v) is 32.3. The summed E-state index contributed by atoms with van der Waals surface area (Å²) in [6, 6.07) is 15.2. The normalized spacial score (nSPS) is 10.5. The van der Waals surface area contributed by atoms with Crippen LogP contribution >= 0.6 is 0 Å². The molecule has 0 bridgehead atoms. The second-order valence-corrected chi connectivity index (χ2v) is 12.9. The standard InChI is InChI=1S/C16H30O4.C9H6O6.C9H12O.C8H6O4/c1-2-3-4-5-6-7-8-9-10-11-12-14(16(19)20)13-15(17)18;10-7(11)4-1-2-5(8(12)13)6(3-4)9(14)15;1-2-3-8-4-6-9(10)7-5-8;9-7(10)5-1-2-6(4-3-5)8(11)12/h14H,2-13H2,1H3,(H,17,18)(H,19,20);1-3H,(H,10,11)(H,12,13)(H,14,15);4-7,10H,2-3H2,1H3;1-4H,(H,9,10)(H,11,12). The molecule has 57 heavy (non-hydrogen) atoms. The minimum absolute atomic E-state index is 0.0833. The van der Waals surface area contributed by atoms with Crippen LogP contribution < -0.4 is 0 Å². The number of benzene rings is 3. The predicted octanol–water partition coefficient (Wildman–Crippen LogP) is 8.68. The quantitative estimate of drug-likeness (QED) is 0.0468. The lowest BCUT2D eigenvalue weighted by Gasteiger charge is -2.09. The van der Waals surface area contributed by atoms with Crippen LogP contribution in [0.15, 0.2) is 66.7 Å². The van der Waals surface area contributed by atoms with E-state index in [0.717, 1.165) is 50.3 Å². The molecule has 15 nitrogen and oxygen atoms in total. The maximum Gasteiger partial charge on any atom is 0.336 e. The van der Waals surface area contributed by atoms with E-state index >= 15 is 0 Å². The van der Waals surface area contributed by atoms with Crippen LogP contribution in [0.3, 0.4) is 0 Å². The van der Waals surface area contributed by atoms with Crippen molar-refractivity contribution in [2.24, 2.45) is 5.92 Å². The van der Waals surface area contributed by atoms with Gasteiger partial charge in [0.05, 0.1) is 40.2 Å². The average molecular weight is 799 g/mol. The summed E-state index contributed by atoms with van der Waals surface area (Å²) < 4.78 is 0. The summed E-state index contributed by atoms with van der Waals surface area (Å²) in [5.41, 5.74) is 0.215. The van der Waals surface area contributed by atoms with E-state index < -0.39 is 58.8 Å². The van der Waals surface area contributed by atoms with Crippen LogP contribution in [-0.4, -0.2) is 82.6 Å². The Hall–Kier alpha value is -6.25. The Kier molecular flexibility index (Phi) is 25.9. The molecule has 0 aliphatic rings. The first-order chi connectivity index (χ1) is 26.9. The van der Waals surface area contributed by atoms with Gasteiger partial charge in [0.25, 0.3) is 0 Å². The van der Waals surface area contributed by atoms with Gasteiger partial charge in [0.1, 0.15) is 5.75 Å². The molecule has 0 aliphatic heterocycles. The summed E-state index contributed by atoms with van der Waals surface area (Å²) >= 11 is 0. The van der Waals surface area contributed by atoms with E-state index in [-0.39, 0.29) is 23.1 Å². The van der Waals surface area contributed by atoms with Crippen molar-refractivity contribution < 1.29 is 74.4 Å². The summed E-state index contributed by atoms with van der Waals surface area (Å²) in [5.74, 6) is -8.71. The Morgan fingerprint density at radius 2 is 0.895 bits per heavy atom. The zero-order valence-electron chi connectivity index (χ0n) is 32.3. The van der Waals surface area contributed by atoms with Crippen LogP contribution in [0, 0.1) is 5.92 Å². The van der Waals surface area contributed by atoms with Gasteiger partial charge in [0, 0.05) is 0 Å². The fourth-order valence-electron chi connectivity index (χ4n) is 5.15. The number of phenols is 1. The van der Waals surface area contributed by atoms with Crippen LogP contribution in [0.2, 0.25) is 0 Å². The summed E-state index contributed by atoms with van der Waals surface area (Å²) in [6.07, 6.45) is 14.5. The smallest absolute Gasteiger partial charge is 0.336 e. The van der Waals surface area contributed by atoms with Crippen molar-refractivity contribution in [3.8, 4) is 5.75 Å². The lowest BCUT2D eigenvalue weighted by atomic mass is 9.97. The number of unbranched alkanes of at least 4 members (excludes halogenated alkanes) is 9. The molecule has 312 valence electrons. The third kappa shape index (κ3) is 23.3. The van der Waals surface area contributed by atoms with Gasteiger partial charge in [-0.15, -0.1) is 0 Å². The van der Waals surface area contributed by atoms with E-state index in [1.807, 2.05) is 12.1 Å². The minimum Gasteiger partial charge on any atom is -0.508 e. The first kappa shape index (κ1) is 50.8. The molecule has 0 saturated heterocycles. The Balaban J connectivity index is 0.000000756. The molecule has 0 saturated carbocycles. The van der Waals surface area contributed by atoms with Crippen LogP contribution in [0.1, 0.15) is 155 Å². The first-order valence-corrected chi connectivity index (χ1v) is 18.6. The van der Waals surface area contributed by atoms with E-state index in [1.165, 1.54) is 74.8 Å². The highest BCUT2D eigenvalue weighted by atomic mass is 16.4. The SMILES string of the molecule is CCCCCCCCCCCCC(CC(=O)O)C(=O)O.CCCc1ccc(O)cc1.O=C(O)c1ccc(C(=O)O)c(C(=O)O)c1.O=C(O)c1ccc(C(=O)O)cc1. The predicted molar refractivity (Wildman–Crippen MR) is 210 cm³/mol. The monoisotopic (exact) mass is 798 g/mol. The van der Waals surface area contributed by atoms with Gasteiger partial charge in [-0.25, -0.2) is 24.0 Å². The van der Waals surface area contributed by atoms with E-state index in [9.17, 15) is 33.6 Å². The second-order valence-electron chi connectivity index (χ2n) is 12.9. The first-order valence-electron chi connectivity index (χ1n) is 18.6. The van der Waals surface area contributed by atoms with E-state index in [0.29, 0.717) is 12.2 Å². The van der Waals surface area contributed by atoms with Gasteiger partial charge in [-0.3, -0.25) is 9.59 Å². The molecule has 0 fully saturated rings. The van der Waals surface area contributed by atoms with Gasteiger partial charge >= 0.3 is 41.8 Å². The maximum atomic E-state index is 10.9. The minimum atomic E-state index is -1.48. The Labute approximate surface area is 331 Å². The molecule has 3 aromatic carbocycles. The van der Waals surface area contributed by atoms with Gasteiger partial charge in [-0.05, 0) is 73.0 Å². The van der Waals surface area contributed by atoms with Crippen molar-refractivity contribution in [1.82, 2.24) is 0 Å². The Morgan fingerprint density at radius 3 is 1.26 bits per heavy atom. The Morgan fingerprint density at radius 1 is 0.474 bits per heavy atom. The molecule has 0 heterocycles. The van der Waals surface area contributed by atoms with Gasteiger partial charge < -0.3 is 40.9 Å². The third-order valence-corrected chi connectivity index (χ3v) is 8.26. The molecule has 0 aliphatic carbocycles. The molecule has 0 amide bonds. The van der Waals surface area contributed by atoms with Crippen LogP contribution in [0.4, 0.5) is 0 Å². The molecular weight excluding hydrogens is 744 g/mol. The summed E-state index contributed by atoms with van der Waals surface area (Å²) in [6.45, 7) is 4.36. The number of carbonyl (C=O) groups is 7. The largest absolute Gasteiger partial charge is 0.508 e. The fraction of sp³-hybridized carbons (Fsp3) is 0.405. The molecule has 0 radical (unpaired) electrons. The number of carboxylic acids is 7. The highest BCUT2D eigenvalue weighted by Gasteiger charge is 2.20. The van der Waals surface area contributed by atoms with Crippen molar-refractivity contribution >= 4 is 41.8 Å². The van der Waals surface area contributed by atoms with Crippen molar-refractivity contribution in [1.29, 1.82) is 0 Å². The number of hydrogen-bond acceptors (Lipinski definition) is 8. The fourth-order valence-corrected chi connectivity index (χ4v) is 5.15. The van der Waals surface area contributed by atoms with Crippen LogP contribution in [-0.2, 0) is 16.0 Å². The number of phenolic OH excluding ortho intramolecular Hbond substituents is 1. The molecule has 3 aromatic rings. The van der Waals surface area contributed by atoms with E-state index in [4.69, 9.17) is 40.9 Å². The van der Waals surface area contributed by atoms with E-state index in [1.54, 1.807) is 12.1 Å². The molecular formula is C42H54O15. The van der Waals surface area contributed by atoms with Gasteiger partial charge in [0.2, 0.25) is 0 Å². The molecule has 15 heteroatoms. The number of aromatic hydroxyl groups is 1. The number of carboxylic acid groups (broad SMARTS) is 7. The molecule has 1 unspecified atom stereocenters. The van der Waals surface area contributed by atoms with E-state index in [2.05, 4.69) is 13.8 Å².